The van der Waals surface area contributed by atoms with Crippen molar-refractivity contribution in [2.45, 2.75) is 13.8 Å². The van der Waals surface area contributed by atoms with Gasteiger partial charge < -0.3 is 10.1 Å². The number of carbonyl (C=O) groups excluding carboxylic acids is 1. The average molecular weight is 880 g/mol. The third-order valence-electron chi connectivity index (χ3n) is 10.5. The van der Waals surface area contributed by atoms with Gasteiger partial charge in [-0.2, -0.15) is 0 Å². The molecule has 0 aliphatic carbocycles. The molecular formula is C48H34NO2PtSi-. The molecule has 3 nitrogen and oxygen atoms in total. The van der Waals surface area contributed by atoms with Crippen molar-refractivity contribution in [1.82, 2.24) is 4.98 Å². The van der Waals surface area contributed by atoms with Crippen LogP contribution in [0.25, 0.3) is 66.2 Å². The Bertz CT molecular complexity index is 2580. The quantitative estimate of drug-likeness (QED) is 0.0836. The van der Waals surface area contributed by atoms with Crippen molar-refractivity contribution in [1.29, 1.82) is 0 Å². The molecular weight excluding hydrogens is 846 g/mol. The number of aromatic nitrogens is 1. The molecule has 0 amide bonds. The molecule has 0 atom stereocenters. The predicted octanol–water partition coefficient (Wildman–Crippen LogP) is 8.90. The summed E-state index contributed by atoms with van der Waals surface area (Å²) in [4.78, 5) is 15.0. The van der Waals surface area contributed by atoms with Gasteiger partial charge in [-0.1, -0.05) is 120 Å². The van der Waals surface area contributed by atoms with Crippen LogP contribution in [0.3, 0.4) is 0 Å². The van der Waals surface area contributed by atoms with Gasteiger partial charge in [-0.05, 0) is 103 Å². The Morgan fingerprint density at radius 1 is 0.604 bits per heavy atom. The monoisotopic (exact) mass is 879 g/mol. The molecule has 1 aromatic heterocycles. The number of nitrogens with zero attached hydrogens (tertiary/aromatic N) is 1. The van der Waals surface area contributed by atoms with Crippen molar-refractivity contribution < 1.29 is 31.0 Å². The molecule has 1 spiro atoms. The molecule has 0 unspecified atom stereocenters. The van der Waals surface area contributed by atoms with Gasteiger partial charge in [-0.3, -0.25) is 4.79 Å². The van der Waals surface area contributed by atoms with Gasteiger partial charge in [0.2, 0.25) is 0 Å². The van der Waals surface area contributed by atoms with Gasteiger partial charge in [-0.25, -0.2) is 0 Å². The van der Waals surface area contributed by atoms with Gasteiger partial charge >= 0.3 is 0 Å². The van der Waals surface area contributed by atoms with E-state index in [-0.39, 0.29) is 32.6 Å². The maximum atomic E-state index is 10.0. The molecule has 2 aliphatic heterocycles. The summed E-state index contributed by atoms with van der Waals surface area (Å²) in [6.07, 6.45) is 3.10. The zero-order valence-corrected chi connectivity index (χ0v) is 32.5. The van der Waals surface area contributed by atoms with Crippen molar-refractivity contribution in [3.8, 4) is 44.6 Å². The number of ketones is 1. The number of rotatable bonds is 3. The van der Waals surface area contributed by atoms with Crippen molar-refractivity contribution in [3.63, 3.8) is 0 Å². The molecule has 7 aromatic carbocycles. The van der Waals surface area contributed by atoms with Crippen LogP contribution in [0.5, 0.6) is 0 Å². The fourth-order valence-electron chi connectivity index (χ4n) is 8.49. The summed E-state index contributed by atoms with van der Waals surface area (Å²) >= 11 is 0. The molecule has 8 aromatic rings. The van der Waals surface area contributed by atoms with Crippen LogP contribution in [0.2, 0.25) is 0 Å². The van der Waals surface area contributed by atoms with Gasteiger partial charge in [0, 0.05) is 33.3 Å². The Morgan fingerprint density at radius 2 is 1.15 bits per heavy atom. The first kappa shape index (κ1) is 34.4. The van der Waals surface area contributed by atoms with Crippen LogP contribution in [0.4, 0.5) is 0 Å². The first-order valence-corrected chi connectivity index (χ1v) is 19.6. The van der Waals surface area contributed by atoms with E-state index >= 15 is 0 Å². The third kappa shape index (κ3) is 5.53. The Morgan fingerprint density at radius 3 is 1.70 bits per heavy atom. The van der Waals surface area contributed by atoms with Crippen LogP contribution < -0.4 is 20.7 Å². The molecule has 10 rings (SSSR count). The summed E-state index contributed by atoms with van der Waals surface area (Å²) in [7, 11) is -2.60. The summed E-state index contributed by atoms with van der Waals surface area (Å²) in [6.45, 7) is 2.85. The number of hydrogen-bond donors (Lipinski definition) is 1. The van der Waals surface area contributed by atoms with Crippen molar-refractivity contribution in [2.75, 3.05) is 0 Å². The predicted molar refractivity (Wildman–Crippen MR) is 218 cm³/mol. The fourth-order valence-corrected chi connectivity index (χ4v) is 13.9. The molecule has 0 radical (unpaired) electrons. The van der Waals surface area contributed by atoms with Crippen molar-refractivity contribution in [3.05, 3.63) is 176 Å². The minimum atomic E-state index is -2.60. The normalized spacial score (nSPS) is 13.0. The number of carbonyl (C=O) groups is 1. The van der Waals surface area contributed by atoms with E-state index in [9.17, 15) is 4.79 Å². The SMILES string of the molecule is CC(=O)/C=C(/C)O.[Pt].[c-]1cccc2c1-c1ncccc1[Si]21c2ccc(-c3cccc4ccccc34)cc2-c2cc(-c3cccc4ccccc34)ccc21. The summed E-state index contributed by atoms with van der Waals surface area (Å²) in [6, 6.07) is 59.8. The first-order valence-electron chi connectivity index (χ1n) is 17.6. The third-order valence-corrected chi connectivity index (χ3v) is 15.4. The largest absolute Gasteiger partial charge is 0.512 e. The first-order chi connectivity index (χ1) is 25.4. The molecule has 1 N–H and O–H groups in total. The van der Waals surface area contributed by atoms with Crippen LogP contribution in [-0.4, -0.2) is 23.9 Å². The van der Waals surface area contributed by atoms with Gasteiger partial charge in [0.25, 0.3) is 0 Å². The minimum absolute atomic E-state index is 0. The molecule has 2 aliphatic rings. The molecule has 258 valence electrons. The van der Waals surface area contributed by atoms with Crippen LogP contribution in [0, 0.1) is 6.07 Å². The molecule has 5 heteroatoms. The number of benzene rings is 7. The summed E-state index contributed by atoms with van der Waals surface area (Å²) in [5.74, 6) is -0.0625. The van der Waals surface area contributed by atoms with Crippen LogP contribution in [0.1, 0.15) is 13.8 Å². The van der Waals surface area contributed by atoms with Crippen molar-refractivity contribution in [2.24, 2.45) is 0 Å². The molecule has 3 heterocycles. The number of fused-ring (bicyclic) bond motifs is 12. The second-order valence-corrected chi connectivity index (χ2v) is 17.2. The number of hydrogen-bond acceptors (Lipinski definition) is 3. The number of aliphatic hydroxyl groups is 1. The van der Waals surface area contributed by atoms with Crippen LogP contribution in [0.15, 0.2) is 170 Å². The molecule has 0 bridgehead atoms. The summed E-state index contributed by atoms with van der Waals surface area (Å²) < 4.78 is 0. The van der Waals surface area contributed by atoms with Gasteiger partial charge in [0.15, 0.2) is 5.78 Å². The molecule has 53 heavy (non-hydrogen) atoms. The maximum absolute atomic E-state index is 10.0. The van der Waals surface area contributed by atoms with Gasteiger partial charge in [0.1, 0.15) is 8.07 Å². The number of aliphatic hydroxyl groups excluding tert-OH is 1. The van der Waals surface area contributed by atoms with E-state index in [1.165, 1.54) is 95.6 Å². The minimum Gasteiger partial charge on any atom is -0.512 e. The molecule has 0 fully saturated rings. The van der Waals surface area contributed by atoms with Gasteiger partial charge in [0.05, 0.1) is 5.76 Å². The van der Waals surface area contributed by atoms with E-state index in [4.69, 9.17) is 10.1 Å². The Kier molecular flexibility index (Phi) is 8.90. The molecule has 0 saturated heterocycles. The Hall–Kier alpha value is -5.67. The standard InChI is InChI=1S/C43H26NSi.C5H8O2.Pt/c1-3-14-32-28(10-1)12-7-17-34(32)30-21-23-40-37(26-30)38-27-31(35-18-8-13-29-11-2-4-15-33(29)35)22-24-41(38)45(40)39-19-6-5-16-36(39)43-42(45)20-9-25-44-43;1-4(6)3-5(2)7;/h1-15,17-27H;3,6H,1-2H3;/q-1;;/b;4-3-;. The zero-order chi connectivity index (χ0) is 35.4. The van der Waals surface area contributed by atoms with E-state index in [2.05, 4.69) is 152 Å². The van der Waals surface area contributed by atoms with E-state index in [0.717, 1.165) is 11.3 Å². The van der Waals surface area contributed by atoms with Crippen LogP contribution in [-0.2, 0) is 25.9 Å². The summed E-state index contributed by atoms with van der Waals surface area (Å²) in [5, 5.41) is 19.1. The van der Waals surface area contributed by atoms with Gasteiger partial charge in [-0.15, -0.1) is 35.0 Å². The van der Waals surface area contributed by atoms with Crippen molar-refractivity contribution >= 4 is 56.1 Å². The second-order valence-electron chi connectivity index (χ2n) is 13.6. The summed E-state index contributed by atoms with van der Waals surface area (Å²) in [5.41, 5.74) is 9.99. The van der Waals surface area contributed by atoms with E-state index in [1.54, 1.807) is 0 Å². The zero-order valence-electron chi connectivity index (χ0n) is 29.2. The number of pyridine rings is 1. The van der Waals surface area contributed by atoms with E-state index < -0.39 is 8.07 Å². The number of allylic oxidation sites excluding steroid dienone is 2. The second kappa shape index (κ2) is 13.7. The maximum Gasteiger partial charge on any atom is 0.155 e. The van der Waals surface area contributed by atoms with E-state index in [1.807, 2.05) is 12.3 Å². The smallest absolute Gasteiger partial charge is 0.155 e. The van der Waals surface area contributed by atoms with Crippen LogP contribution >= 0.6 is 0 Å². The Labute approximate surface area is 324 Å². The Balaban J connectivity index is 0.000000459. The topological polar surface area (TPSA) is 50.2 Å². The molecule has 0 saturated carbocycles. The average Bonchev–Trinajstić information content (AvgIpc) is 3.64. The fraction of sp³-hybridized carbons (Fsp3) is 0.0417. The van der Waals surface area contributed by atoms with E-state index in [0.29, 0.717) is 0 Å².